The van der Waals surface area contributed by atoms with E-state index < -0.39 is 22.5 Å². The highest BCUT2D eigenvalue weighted by atomic mass is 35.5. The summed E-state index contributed by atoms with van der Waals surface area (Å²) in [6.45, 7) is 7.16. The zero-order valence-electron chi connectivity index (χ0n) is 21.9. The first-order valence-electron chi connectivity index (χ1n) is 12.1. The minimum absolute atomic E-state index is 0.0945. The molecule has 0 radical (unpaired) electrons. The van der Waals surface area contributed by atoms with Gasteiger partial charge in [-0.3, -0.25) is 9.10 Å². The zero-order valence-corrected chi connectivity index (χ0v) is 24.3. The van der Waals surface area contributed by atoms with Crippen molar-refractivity contribution >= 4 is 51.0 Å². The molecule has 4 rings (SSSR count). The largest absolute Gasteiger partial charge is 0.316 e. The molecule has 10 heteroatoms. The number of rotatable bonds is 8. The van der Waals surface area contributed by atoms with Crippen molar-refractivity contribution in [3.63, 3.8) is 0 Å². The Morgan fingerprint density at radius 2 is 1.56 bits per heavy atom. The lowest BCUT2D eigenvalue weighted by Crippen LogP contribution is -2.39. The van der Waals surface area contributed by atoms with Gasteiger partial charge in [-0.1, -0.05) is 64.7 Å². The number of carbonyl (C=O) groups is 1. The summed E-state index contributed by atoms with van der Waals surface area (Å²) in [5.74, 6) is -0.589. The molecule has 0 spiro atoms. The van der Waals surface area contributed by atoms with Crippen molar-refractivity contribution in [3.8, 4) is 5.69 Å². The smallest absolute Gasteiger partial charge is 0.264 e. The van der Waals surface area contributed by atoms with Crippen molar-refractivity contribution < 1.29 is 13.2 Å². The highest BCUT2D eigenvalue weighted by Crippen LogP contribution is 2.31. The normalized spacial score (nSPS) is 11.6. The number of hydrazone groups is 1. The third-order valence-corrected chi connectivity index (χ3v) is 8.85. The lowest BCUT2D eigenvalue weighted by atomic mass is 10.2. The minimum atomic E-state index is -4.01. The fourth-order valence-electron chi connectivity index (χ4n) is 4.16. The molecule has 0 saturated carbocycles. The van der Waals surface area contributed by atoms with Gasteiger partial charge < -0.3 is 4.57 Å². The van der Waals surface area contributed by atoms with E-state index in [1.807, 2.05) is 50.5 Å². The second-order valence-corrected chi connectivity index (χ2v) is 11.8. The average Bonchev–Trinajstić information content (AvgIpc) is 3.17. The number of aromatic nitrogens is 1. The lowest BCUT2D eigenvalue weighted by Gasteiger charge is -2.24. The molecular formula is C29H28Cl2N4O3S. The first kappa shape index (κ1) is 28.4. The van der Waals surface area contributed by atoms with Crippen LogP contribution < -0.4 is 9.73 Å². The van der Waals surface area contributed by atoms with Crippen LogP contribution in [0.3, 0.4) is 0 Å². The maximum atomic E-state index is 13.5. The molecule has 0 bridgehead atoms. The molecule has 0 aliphatic carbocycles. The van der Waals surface area contributed by atoms with Gasteiger partial charge >= 0.3 is 0 Å². The topological polar surface area (TPSA) is 83.8 Å². The quantitative estimate of drug-likeness (QED) is 0.194. The molecule has 0 atom stereocenters. The van der Waals surface area contributed by atoms with Crippen LogP contribution in [0.2, 0.25) is 10.0 Å². The Bertz CT molecular complexity index is 1650. The molecule has 202 valence electrons. The molecule has 1 aromatic heterocycles. The van der Waals surface area contributed by atoms with E-state index >= 15 is 0 Å². The SMILES string of the molecule is Cc1ccc(N(CC(=O)N/N=C/c2cc(C)n(-c3cccc(Cl)c3Cl)c2C)S(=O)(=O)c2ccc(C)cc2)cc1. The molecule has 1 heterocycles. The number of aryl methyl sites for hydroxylation is 3. The van der Waals surface area contributed by atoms with Crippen LogP contribution in [0.15, 0.2) is 82.8 Å². The van der Waals surface area contributed by atoms with Gasteiger partial charge in [0.25, 0.3) is 15.9 Å². The van der Waals surface area contributed by atoms with Gasteiger partial charge in [-0.2, -0.15) is 5.10 Å². The molecular weight excluding hydrogens is 555 g/mol. The van der Waals surface area contributed by atoms with Crippen molar-refractivity contribution in [1.29, 1.82) is 0 Å². The van der Waals surface area contributed by atoms with Crippen LogP contribution in [0.25, 0.3) is 5.69 Å². The summed E-state index contributed by atoms with van der Waals surface area (Å²) in [6.07, 6.45) is 1.51. The average molecular weight is 584 g/mol. The summed E-state index contributed by atoms with van der Waals surface area (Å²) in [7, 11) is -4.01. The van der Waals surface area contributed by atoms with Gasteiger partial charge in [0.1, 0.15) is 6.54 Å². The number of anilines is 1. The van der Waals surface area contributed by atoms with Crippen molar-refractivity contribution in [2.75, 3.05) is 10.8 Å². The molecule has 0 aliphatic heterocycles. The highest BCUT2D eigenvalue weighted by molar-refractivity contribution is 7.92. The molecule has 4 aromatic rings. The molecule has 0 unspecified atom stereocenters. The Labute approximate surface area is 238 Å². The standard InChI is InChI=1S/C29H28Cl2N4O3S/c1-19-8-12-24(13-9-19)34(39(37,38)25-14-10-20(2)11-15-25)18-28(36)33-32-17-23-16-21(3)35(22(23)4)27-7-5-6-26(30)29(27)31/h5-17H,18H2,1-4H3,(H,33,36)/b32-17+. The number of carbonyl (C=O) groups excluding carboxylic acids is 1. The van der Waals surface area contributed by atoms with Gasteiger partial charge in [0, 0.05) is 17.0 Å². The predicted molar refractivity (Wildman–Crippen MR) is 158 cm³/mol. The van der Waals surface area contributed by atoms with Gasteiger partial charge in [-0.05, 0) is 70.2 Å². The summed E-state index contributed by atoms with van der Waals surface area (Å²) in [6, 6.07) is 20.8. The van der Waals surface area contributed by atoms with E-state index in [0.29, 0.717) is 15.7 Å². The number of benzene rings is 3. The third-order valence-electron chi connectivity index (χ3n) is 6.25. The van der Waals surface area contributed by atoms with E-state index in [4.69, 9.17) is 23.2 Å². The second kappa shape index (κ2) is 11.7. The van der Waals surface area contributed by atoms with Crippen LogP contribution in [-0.4, -0.2) is 31.7 Å². The van der Waals surface area contributed by atoms with Crippen molar-refractivity contribution in [2.24, 2.45) is 5.10 Å². The van der Waals surface area contributed by atoms with Crippen LogP contribution in [0.1, 0.15) is 28.1 Å². The Kier molecular flexibility index (Phi) is 8.49. The molecule has 39 heavy (non-hydrogen) atoms. The monoisotopic (exact) mass is 582 g/mol. The number of nitrogens with zero attached hydrogens (tertiary/aromatic N) is 3. The van der Waals surface area contributed by atoms with E-state index in [-0.39, 0.29) is 4.90 Å². The molecule has 3 aromatic carbocycles. The van der Waals surface area contributed by atoms with Gasteiger partial charge in [-0.25, -0.2) is 13.8 Å². The molecule has 7 nitrogen and oxygen atoms in total. The van der Waals surface area contributed by atoms with E-state index in [0.717, 1.165) is 38.1 Å². The number of hydrogen-bond acceptors (Lipinski definition) is 4. The zero-order chi connectivity index (χ0) is 28.3. The van der Waals surface area contributed by atoms with Crippen molar-refractivity contribution in [1.82, 2.24) is 9.99 Å². The summed E-state index contributed by atoms with van der Waals surface area (Å²) < 4.78 is 30.1. The number of hydrogen-bond donors (Lipinski definition) is 1. The Balaban J connectivity index is 1.56. The summed E-state index contributed by atoms with van der Waals surface area (Å²) in [5, 5.41) is 4.98. The number of halogens is 2. The fourth-order valence-corrected chi connectivity index (χ4v) is 5.96. The van der Waals surface area contributed by atoms with Gasteiger partial charge in [0.05, 0.1) is 32.5 Å². The fraction of sp³-hybridized carbons (Fsp3) is 0.172. The molecule has 0 aliphatic rings. The summed E-state index contributed by atoms with van der Waals surface area (Å²) in [5.41, 5.74) is 7.97. The molecule has 0 fully saturated rings. The van der Waals surface area contributed by atoms with Crippen molar-refractivity contribution in [2.45, 2.75) is 32.6 Å². The van der Waals surface area contributed by atoms with Gasteiger partial charge in [0.2, 0.25) is 0 Å². The summed E-state index contributed by atoms with van der Waals surface area (Å²) >= 11 is 12.6. The maximum Gasteiger partial charge on any atom is 0.264 e. The Morgan fingerprint density at radius 1 is 0.949 bits per heavy atom. The van der Waals surface area contributed by atoms with Crippen molar-refractivity contribution in [3.05, 3.63) is 111 Å². The van der Waals surface area contributed by atoms with Crippen LogP contribution in [0, 0.1) is 27.7 Å². The van der Waals surface area contributed by atoms with Crippen LogP contribution >= 0.6 is 23.2 Å². The first-order chi connectivity index (χ1) is 18.5. The maximum absolute atomic E-state index is 13.5. The third kappa shape index (κ3) is 6.19. The number of nitrogens with one attached hydrogen (secondary N) is 1. The highest BCUT2D eigenvalue weighted by Gasteiger charge is 2.27. The second-order valence-electron chi connectivity index (χ2n) is 9.19. The number of sulfonamides is 1. The lowest BCUT2D eigenvalue weighted by molar-refractivity contribution is -0.119. The van der Waals surface area contributed by atoms with Crippen LogP contribution in [0.5, 0.6) is 0 Å². The van der Waals surface area contributed by atoms with E-state index in [2.05, 4.69) is 10.5 Å². The molecule has 0 saturated heterocycles. The van der Waals surface area contributed by atoms with E-state index in [9.17, 15) is 13.2 Å². The van der Waals surface area contributed by atoms with E-state index in [1.54, 1.807) is 42.5 Å². The van der Waals surface area contributed by atoms with Gasteiger partial charge in [-0.15, -0.1) is 0 Å². The minimum Gasteiger partial charge on any atom is -0.316 e. The molecule has 1 amide bonds. The van der Waals surface area contributed by atoms with E-state index in [1.165, 1.54) is 18.3 Å². The van der Waals surface area contributed by atoms with Crippen LogP contribution in [0.4, 0.5) is 5.69 Å². The Hall–Kier alpha value is -3.59. The number of amides is 1. The van der Waals surface area contributed by atoms with Gasteiger partial charge in [0.15, 0.2) is 0 Å². The predicted octanol–water partition coefficient (Wildman–Crippen LogP) is 6.36. The Morgan fingerprint density at radius 3 is 2.21 bits per heavy atom. The molecule has 1 N–H and O–H groups in total. The first-order valence-corrected chi connectivity index (χ1v) is 14.3. The summed E-state index contributed by atoms with van der Waals surface area (Å²) in [4.78, 5) is 13.0. The van der Waals surface area contributed by atoms with Crippen LogP contribution in [-0.2, 0) is 14.8 Å².